The van der Waals surface area contributed by atoms with Crippen LogP contribution in [0.2, 0.25) is 0 Å². The van der Waals surface area contributed by atoms with Crippen molar-refractivity contribution in [2.24, 2.45) is 11.8 Å². The monoisotopic (exact) mass is 525 g/mol. The fourth-order valence-electron chi connectivity index (χ4n) is 4.69. The molecule has 0 heterocycles. The number of benzene rings is 1. The molecule has 6 nitrogen and oxygen atoms in total. The third-order valence-corrected chi connectivity index (χ3v) is 6.91. The summed E-state index contributed by atoms with van der Waals surface area (Å²) >= 11 is 0. The van der Waals surface area contributed by atoms with Gasteiger partial charge in [0, 0.05) is 23.0 Å². The molecule has 4 N–H and O–H groups in total. The van der Waals surface area contributed by atoms with Crippen LogP contribution < -0.4 is 20.7 Å². The van der Waals surface area contributed by atoms with Gasteiger partial charge in [-0.05, 0) is 94.0 Å². The molecule has 2 rings (SSSR count). The van der Waals surface area contributed by atoms with Gasteiger partial charge in [-0.2, -0.15) is 0 Å². The summed E-state index contributed by atoms with van der Waals surface area (Å²) in [6, 6.07) is 5.16. The molecule has 2 atom stereocenters. The van der Waals surface area contributed by atoms with Crippen molar-refractivity contribution in [1.82, 2.24) is 10.6 Å². The van der Waals surface area contributed by atoms with E-state index >= 15 is 0 Å². The lowest BCUT2D eigenvalue weighted by atomic mass is 9.80. The molecule has 208 valence electrons. The predicted molar refractivity (Wildman–Crippen MR) is 141 cm³/mol. The molecular weight excluding hydrogens is 483 g/mol. The van der Waals surface area contributed by atoms with E-state index < -0.39 is 12.7 Å². The van der Waals surface area contributed by atoms with E-state index in [4.69, 9.17) is 0 Å². The number of halogens is 3. The Hall–Kier alpha value is -2.68. The lowest BCUT2D eigenvalue weighted by Crippen LogP contribution is -2.41. The summed E-state index contributed by atoms with van der Waals surface area (Å²) in [5.41, 5.74) is 2.14. The van der Waals surface area contributed by atoms with Crippen molar-refractivity contribution in [1.29, 1.82) is 0 Å². The average Bonchev–Trinajstić information content (AvgIpc) is 2.83. The van der Waals surface area contributed by atoms with Crippen LogP contribution in [0.1, 0.15) is 79.6 Å². The Labute approximate surface area is 218 Å². The Morgan fingerprint density at radius 3 is 2.30 bits per heavy atom. The quantitative estimate of drug-likeness (QED) is 0.140. The van der Waals surface area contributed by atoms with Crippen molar-refractivity contribution in [2.75, 3.05) is 5.32 Å². The third kappa shape index (κ3) is 10.7. The van der Waals surface area contributed by atoms with E-state index in [1.807, 2.05) is 19.9 Å². The van der Waals surface area contributed by atoms with E-state index in [0.29, 0.717) is 17.0 Å². The molecule has 0 aliphatic heterocycles. The molecule has 1 aliphatic carbocycles. The van der Waals surface area contributed by atoms with Crippen LogP contribution in [0.5, 0.6) is 5.75 Å². The number of carbonyl (C=O) groups is 1. The van der Waals surface area contributed by atoms with E-state index in [-0.39, 0.29) is 17.7 Å². The molecule has 1 saturated carbocycles. The second kappa shape index (κ2) is 14.3. The van der Waals surface area contributed by atoms with E-state index in [1.54, 1.807) is 6.92 Å². The van der Waals surface area contributed by atoms with Gasteiger partial charge < -0.3 is 25.8 Å². The molecule has 1 aromatic carbocycles. The lowest BCUT2D eigenvalue weighted by Gasteiger charge is -2.31. The third-order valence-electron chi connectivity index (χ3n) is 6.91. The van der Waals surface area contributed by atoms with E-state index in [1.165, 1.54) is 25.0 Å². The molecule has 1 amide bonds. The minimum Gasteiger partial charge on any atom is -0.406 e. The number of amides is 1. The van der Waals surface area contributed by atoms with Crippen LogP contribution in [0.3, 0.4) is 0 Å². The molecule has 1 aromatic rings. The number of hydrogen-bond donors (Lipinski definition) is 4. The number of carbonyl (C=O) groups excluding carboxylic acids is 1. The number of anilines is 1. The highest BCUT2D eigenvalue weighted by Crippen LogP contribution is 2.30. The predicted octanol–water partition coefficient (Wildman–Crippen LogP) is 6.60. The maximum Gasteiger partial charge on any atom is 0.573 e. The summed E-state index contributed by atoms with van der Waals surface area (Å²) in [6.45, 7) is 10.1. The number of alkyl halides is 3. The minimum absolute atomic E-state index is 0.132. The lowest BCUT2D eigenvalue weighted by molar-refractivity contribution is -0.274. The first-order valence-electron chi connectivity index (χ1n) is 13.2. The molecule has 0 spiro atoms. The number of nitrogens with one attached hydrogen (secondary N) is 3. The summed E-state index contributed by atoms with van der Waals surface area (Å²) in [5.74, 6) is 0.915. The van der Waals surface area contributed by atoms with E-state index in [0.717, 1.165) is 61.6 Å². The van der Waals surface area contributed by atoms with Gasteiger partial charge in [0.1, 0.15) is 5.75 Å². The Morgan fingerprint density at radius 2 is 1.76 bits per heavy atom. The molecule has 0 saturated heterocycles. The highest BCUT2D eigenvalue weighted by atomic mass is 19.4. The SMILES string of the molecule is CC/C=C(C)\C(NC(O)Nc1ccc(OC(F)(F)F)cc1)=C(/C)C(=O)NC1CCC(CC(C)CC)CC1. The largest absolute Gasteiger partial charge is 0.573 e. The van der Waals surface area contributed by atoms with Crippen molar-refractivity contribution in [2.45, 2.75) is 98.3 Å². The molecule has 9 heteroatoms. The van der Waals surface area contributed by atoms with Crippen LogP contribution in [0.25, 0.3) is 0 Å². The molecule has 0 bridgehead atoms. The first-order chi connectivity index (χ1) is 17.4. The minimum atomic E-state index is -4.77. The first kappa shape index (κ1) is 30.5. The topological polar surface area (TPSA) is 82.6 Å². The van der Waals surface area contributed by atoms with Crippen molar-refractivity contribution >= 4 is 11.6 Å². The highest BCUT2D eigenvalue weighted by molar-refractivity contribution is 5.94. The van der Waals surface area contributed by atoms with Gasteiger partial charge in [0.05, 0.1) is 0 Å². The van der Waals surface area contributed by atoms with Crippen LogP contribution >= 0.6 is 0 Å². The highest BCUT2D eigenvalue weighted by Gasteiger charge is 2.31. The van der Waals surface area contributed by atoms with Gasteiger partial charge in [-0.3, -0.25) is 4.79 Å². The standard InChI is InChI=1S/C28H42F3N3O3/c1-6-8-19(4)25(34-27(36)33-23-13-15-24(16-14-23)37-28(29,30)31)20(5)26(35)32-22-11-9-21(10-12-22)17-18(3)7-2/h8,13-16,18,21-22,27,33-34,36H,6-7,9-12,17H2,1-5H3,(H,32,35)/b19-8-,25-20-. The van der Waals surface area contributed by atoms with Crippen molar-refractivity contribution in [3.05, 3.63) is 47.2 Å². The van der Waals surface area contributed by atoms with Crippen LogP contribution in [-0.2, 0) is 4.79 Å². The second-order valence-electron chi connectivity index (χ2n) is 10.00. The van der Waals surface area contributed by atoms with Gasteiger partial charge in [-0.15, -0.1) is 13.2 Å². The molecule has 37 heavy (non-hydrogen) atoms. The first-order valence-corrected chi connectivity index (χ1v) is 13.2. The van der Waals surface area contributed by atoms with Gasteiger partial charge >= 0.3 is 6.36 Å². The number of rotatable bonds is 12. The Bertz CT molecular complexity index is 921. The number of hydrogen-bond acceptors (Lipinski definition) is 5. The summed E-state index contributed by atoms with van der Waals surface area (Å²) in [6.07, 6.45) is 3.24. The fraction of sp³-hybridized carbons (Fsp3) is 0.607. The molecule has 2 unspecified atom stereocenters. The number of ether oxygens (including phenoxy) is 1. The van der Waals surface area contributed by atoms with Gasteiger partial charge in [-0.1, -0.05) is 33.3 Å². The smallest absolute Gasteiger partial charge is 0.406 e. The molecular formula is C28H42F3N3O3. The number of aliphatic hydroxyl groups excluding tert-OH is 1. The zero-order valence-electron chi connectivity index (χ0n) is 22.5. The molecule has 1 fully saturated rings. The van der Waals surface area contributed by atoms with Crippen LogP contribution in [0, 0.1) is 11.8 Å². The Morgan fingerprint density at radius 1 is 1.14 bits per heavy atom. The van der Waals surface area contributed by atoms with Gasteiger partial charge in [0.2, 0.25) is 12.3 Å². The van der Waals surface area contributed by atoms with E-state index in [9.17, 15) is 23.1 Å². The Kier molecular flexibility index (Phi) is 11.8. The van der Waals surface area contributed by atoms with E-state index in [2.05, 4.69) is 34.5 Å². The van der Waals surface area contributed by atoms with Gasteiger partial charge in [0.25, 0.3) is 0 Å². The van der Waals surface area contributed by atoms with Crippen molar-refractivity contribution in [3.63, 3.8) is 0 Å². The van der Waals surface area contributed by atoms with Crippen LogP contribution in [0.4, 0.5) is 18.9 Å². The van der Waals surface area contributed by atoms with Crippen LogP contribution in [0.15, 0.2) is 47.2 Å². The summed E-state index contributed by atoms with van der Waals surface area (Å²) in [5, 5.41) is 19.5. The molecule has 1 aliphatic rings. The fourth-order valence-corrected chi connectivity index (χ4v) is 4.69. The summed E-state index contributed by atoms with van der Waals surface area (Å²) < 4.78 is 41.0. The number of aliphatic hydroxyl groups is 1. The zero-order chi connectivity index (χ0) is 27.6. The molecule has 0 aromatic heterocycles. The zero-order valence-corrected chi connectivity index (χ0v) is 22.5. The van der Waals surface area contributed by atoms with Crippen molar-refractivity contribution < 1.29 is 27.8 Å². The maximum absolute atomic E-state index is 13.1. The molecule has 0 radical (unpaired) electrons. The van der Waals surface area contributed by atoms with Gasteiger partial charge in [0.15, 0.2) is 0 Å². The Balaban J connectivity index is 2.03. The normalized spacial score (nSPS) is 20.9. The van der Waals surface area contributed by atoms with Crippen LogP contribution in [-0.4, -0.2) is 29.8 Å². The van der Waals surface area contributed by atoms with Crippen molar-refractivity contribution in [3.8, 4) is 5.75 Å². The summed E-state index contributed by atoms with van der Waals surface area (Å²) in [4.78, 5) is 13.1. The van der Waals surface area contributed by atoms with Gasteiger partial charge in [-0.25, -0.2) is 0 Å². The second-order valence-corrected chi connectivity index (χ2v) is 10.00. The average molecular weight is 526 g/mol. The number of allylic oxidation sites excluding steroid dienone is 2. The maximum atomic E-state index is 13.1. The summed E-state index contributed by atoms with van der Waals surface area (Å²) in [7, 11) is 0.